The molecule has 2 aromatic rings. The third kappa shape index (κ3) is 3.82. The Kier molecular flexibility index (Phi) is 5.24. The summed E-state index contributed by atoms with van der Waals surface area (Å²) in [5.74, 6) is 0.388. The molecule has 0 spiro atoms. The van der Waals surface area contributed by atoms with E-state index in [-0.39, 0.29) is 11.8 Å². The number of aromatic nitrogens is 2. The van der Waals surface area contributed by atoms with Crippen molar-refractivity contribution in [3.63, 3.8) is 0 Å². The van der Waals surface area contributed by atoms with Gasteiger partial charge >= 0.3 is 0 Å². The molecule has 0 bridgehead atoms. The van der Waals surface area contributed by atoms with Gasteiger partial charge in [-0.1, -0.05) is 37.6 Å². The highest BCUT2D eigenvalue weighted by Crippen LogP contribution is 2.23. The third-order valence-corrected chi connectivity index (χ3v) is 4.81. The van der Waals surface area contributed by atoms with Gasteiger partial charge in [0.05, 0.1) is 0 Å². The van der Waals surface area contributed by atoms with Crippen LogP contribution in [0.15, 0.2) is 83.3 Å². The van der Waals surface area contributed by atoms with Crippen molar-refractivity contribution in [3.8, 4) is 5.88 Å². The Morgan fingerprint density at radius 3 is 3.03 bits per heavy atom. The number of aromatic hydroxyl groups is 1. The number of hydrogen-bond donors (Lipinski definition) is 1. The molecular weight excluding hydrogens is 364 g/mol. The number of imidazole rings is 1. The summed E-state index contributed by atoms with van der Waals surface area (Å²) in [5.41, 5.74) is 2.91. The summed E-state index contributed by atoms with van der Waals surface area (Å²) in [5, 5.41) is 10.2. The lowest BCUT2D eigenvalue weighted by Crippen LogP contribution is -2.20. The number of amidine groups is 1. The van der Waals surface area contributed by atoms with Crippen molar-refractivity contribution in [3.05, 3.63) is 84.0 Å². The van der Waals surface area contributed by atoms with Crippen LogP contribution in [0.2, 0.25) is 0 Å². The summed E-state index contributed by atoms with van der Waals surface area (Å²) < 4.78 is 1.84. The molecule has 0 atom stereocenters. The number of pyridine rings is 1. The lowest BCUT2D eigenvalue weighted by atomic mass is 10.1. The number of carbonyl (C=O) groups excluding carboxylic acids is 1. The molecule has 0 radical (unpaired) electrons. The summed E-state index contributed by atoms with van der Waals surface area (Å²) in [7, 11) is 0. The van der Waals surface area contributed by atoms with Crippen LogP contribution in [0.5, 0.6) is 5.88 Å². The number of fused-ring (bicyclic) bond motifs is 2. The maximum Gasteiger partial charge on any atom is 0.295 e. The zero-order chi connectivity index (χ0) is 20.2. The Bertz CT molecular complexity index is 1130. The fourth-order valence-electron chi connectivity index (χ4n) is 3.28. The molecule has 0 saturated heterocycles. The van der Waals surface area contributed by atoms with E-state index in [1.165, 1.54) is 0 Å². The van der Waals surface area contributed by atoms with Crippen molar-refractivity contribution in [1.29, 1.82) is 0 Å². The topological polar surface area (TPSA) is 70.2 Å². The quantitative estimate of drug-likeness (QED) is 0.591. The van der Waals surface area contributed by atoms with Crippen molar-refractivity contribution in [2.24, 2.45) is 4.99 Å². The molecule has 1 N–H and O–H groups in total. The Morgan fingerprint density at radius 2 is 2.17 bits per heavy atom. The second kappa shape index (κ2) is 8.14. The van der Waals surface area contributed by atoms with Crippen molar-refractivity contribution in [1.82, 2.24) is 14.3 Å². The largest absolute Gasteiger partial charge is 0.492 e. The molecule has 0 aliphatic carbocycles. The molecule has 146 valence electrons. The predicted molar refractivity (Wildman–Crippen MR) is 114 cm³/mol. The fraction of sp³-hybridized carbons (Fsp3) is 0.174. The maximum atomic E-state index is 12.2. The minimum Gasteiger partial charge on any atom is -0.492 e. The van der Waals surface area contributed by atoms with Crippen LogP contribution in [-0.4, -0.2) is 31.1 Å². The van der Waals surface area contributed by atoms with E-state index in [9.17, 15) is 9.90 Å². The molecule has 2 aromatic heterocycles. The van der Waals surface area contributed by atoms with Gasteiger partial charge in [-0.15, -0.1) is 0 Å². The molecule has 0 saturated carbocycles. The smallest absolute Gasteiger partial charge is 0.295 e. The van der Waals surface area contributed by atoms with Gasteiger partial charge in [0, 0.05) is 12.4 Å². The van der Waals surface area contributed by atoms with E-state index in [0.29, 0.717) is 22.9 Å². The van der Waals surface area contributed by atoms with E-state index in [2.05, 4.69) is 16.9 Å². The number of allylic oxidation sites excluding steroid dienone is 6. The first-order valence-electron chi connectivity index (χ1n) is 9.69. The highest BCUT2D eigenvalue weighted by Gasteiger charge is 2.26. The van der Waals surface area contributed by atoms with Gasteiger partial charge in [0.15, 0.2) is 0 Å². The first kappa shape index (κ1) is 18.7. The van der Waals surface area contributed by atoms with Crippen molar-refractivity contribution < 1.29 is 9.90 Å². The number of amides is 1. The molecule has 29 heavy (non-hydrogen) atoms. The molecule has 1 amide bonds. The number of hydrogen-bond acceptors (Lipinski definition) is 4. The van der Waals surface area contributed by atoms with Crippen LogP contribution in [0.25, 0.3) is 11.7 Å². The Morgan fingerprint density at radius 1 is 1.28 bits per heavy atom. The van der Waals surface area contributed by atoms with Gasteiger partial charge in [-0.05, 0) is 54.9 Å². The van der Waals surface area contributed by atoms with Crippen molar-refractivity contribution in [2.75, 3.05) is 0 Å². The van der Waals surface area contributed by atoms with E-state index in [1.807, 2.05) is 77.5 Å². The molecule has 4 heterocycles. The van der Waals surface area contributed by atoms with E-state index in [4.69, 9.17) is 0 Å². The monoisotopic (exact) mass is 386 g/mol. The normalized spacial score (nSPS) is 17.8. The number of nitrogens with zero attached hydrogens (tertiary/aromatic N) is 4. The Labute approximate surface area is 169 Å². The minimum absolute atomic E-state index is 0.00472. The van der Waals surface area contributed by atoms with Crippen LogP contribution in [-0.2, 0) is 4.79 Å². The lowest BCUT2D eigenvalue weighted by Gasteiger charge is -2.15. The molecule has 2 aliphatic rings. The van der Waals surface area contributed by atoms with Gasteiger partial charge in [-0.25, -0.2) is 0 Å². The third-order valence-electron chi connectivity index (χ3n) is 4.81. The van der Waals surface area contributed by atoms with E-state index in [1.54, 1.807) is 4.90 Å². The second-order valence-corrected chi connectivity index (χ2v) is 6.83. The summed E-state index contributed by atoms with van der Waals surface area (Å²) in [6.45, 7) is 2.14. The molecule has 4 rings (SSSR count). The molecule has 2 aliphatic heterocycles. The van der Waals surface area contributed by atoms with Crippen LogP contribution in [0.1, 0.15) is 31.9 Å². The first-order valence-corrected chi connectivity index (χ1v) is 9.69. The molecule has 6 heteroatoms. The summed E-state index contributed by atoms with van der Waals surface area (Å²) in [4.78, 5) is 22.3. The van der Waals surface area contributed by atoms with Gasteiger partial charge in [0.1, 0.15) is 22.9 Å². The van der Waals surface area contributed by atoms with E-state index in [0.717, 1.165) is 24.8 Å². The van der Waals surface area contributed by atoms with E-state index >= 15 is 0 Å². The van der Waals surface area contributed by atoms with E-state index < -0.39 is 0 Å². The standard InChI is InChI=1S/C23H22N4O2/c1-2-3-8-17(11-13-18-22(28)24-20-9-4-6-15-26(18)20)12-14-19-23(29)25-21-10-5-7-16-27(19)21/h4-7,9-16,28H,2-3,8H2,1H3/b13-11+,17-12-,19-14-. The molecule has 6 nitrogen and oxygen atoms in total. The van der Waals surface area contributed by atoms with Crippen LogP contribution in [0, 0.1) is 0 Å². The molecule has 0 unspecified atom stereocenters. The summed E-state index contributed by atoms with van der Waals surface area (Å²) >= 11 is 0. The van der Waals surface area contributed by atoms with Crippen molar-refractivity contribution >= 4 is 23.5 Å². The van der Waals surface area contributed by atoms with Gasteiger partial charge < -0.3 is 5.11 Å². The summed E-state index contributed by atoms with van der Waals surface area (Å²) in [6, 6.07) is 5.62. The highest BCUT2D eigenvalue weighted by atomic mass is 16.3. The van der Waals surface area contributed by atoms with Crippen LogP contribution in [0.4, 0.5) is 0 Å². The Hall–Kier alpha value is -3.67. The zero-order valence-corrected chi connectivity index (χ0v) is 16.2. The SMILES string of the molecule is CCCCC(=C/C=C1/C(=O)N=C2C=CC=CN21)/C=C/c1c(O)nc2ccccn12. The van der Waals surface area contributed by atoms with Gasteiger partial charge in [-0.3, -0.25) is 14.1 Å². The van der Waals surface area contributed by atoms with Crippen LogP contribution < -0.4 is 0 Å². The molecule has 0 aromatic carbocycles. The van der Waals surface area contributed by atoms with Gasteiger partial charge in [-0.2, -0.15) is 9.98 Å². The Balaban J connectivity index is 1.63. The average Bonchev–Trinajstić information content (AvgIpc) is 3.22. The second-order valence-electron chi connectivity index (χ2n) is 6.83. The molecular formula is C23H22N4O2. The predicted octanol–water partition coefficient (Wildman–Crippen LogP) is 4.38. The minimum atomic E-state index is -0.245. The highest BCUT2D eigenvalue weighted by molar-refractivity contribution is 6.15. The number of aliphatic imine (C=N–C) groups is 1. The first-order chi connectivity index (χ1) is 14.2. The maximum absolute atomic E-state index is 12.2. The zero-order valence-electron chi connectivity index (χ0n) is 16.2. The van der Waals surface area contributed by atoms with Crippen molar-refractivity contribution in [2.45, 2.75) is 26.2 Å². The van der Waals surface area contributed by atoms with Crippen LogP contribution >= 0.6 is 0 Å². The number of rotatable bonds is 6. The molecule has 0 fully saturated rings. The van der Waals surface area contributed by atoms with Crippen LogP contribution in [0.3, 0.4) is 0 Å². The number of unbranched alkanes of at least 4 members (excludes halogenated alkanes) is 1. The lowest BCUT2D eigenvalue weighted by molar-refractivity contribution is -0.114. The van der Waals surface area contributed by atoms with Gasteiger partial charge in [0.25, 0.3) is 5.91 Å². The average molecular weight is 386 g/mol. The fourth-order valence-corrected chi connectivity index (χ4v) is 3.28. The number of carbonyl (C=O) groups is 1. The van der Waals surface area contributed by atoms with Gasteiger partial charge in [0.2, 0.25) is 5.88 Å². The summed E-state index contributed by atoms with van der Waals surface area (Å²) in [6.07, 6.45) is 19.8.